The molecule has 0 N–H and O–H groups in total. The van der Waals surface area contributed by atoms with Gasteiger partial charge in [-0.1, -0.05) is 36.4 Å². The molecule has 0 radical (unpaired) electrons. The van der Waals surface area contributed by atoms with Crippen LogP contribution in [0.3, 0.4) is 0 Å². The molecule has 1 saturated carbocycles. The zero-order valence-corrected chi connectivity index (χ0v) is 21.1. The van der Waals surface area contributed by atoms with Crippen LogP contribution in [0.2, 0.25) is 0 Å². The van der Waals surface area contributed by atoms with Crippen molar-refractivity contribution < 1.29 is 9.47 Å². The lowest BCUT2D eigenvalue weighted by molar-refractivity contribution is -0.0366. The SMILES string of the molecule is Cc1c(O[C@H]2CCC[C@@H](N(c3ccccc3)c3ccccc3)C2)ccc2c1cnn2C1CCCCO1. The average molecular weight is 482 g/mol. The fraction of sp³-hybridized carbons (Fsp3) is 0.387. The Labute approximate surface area is 213 Å². The summed E-state index contributed by atoms with van der Waals surface area (Å²) < 4.78 is 14.8. The second-order valence-corrected chi connectivity index (χ2v) is 10.1. The van der Waals surface area contributed by atoms with Gasteiger partial charge in [0.2, 0.25) is 0 Å². The highest BCUT2D eigenvalue weighted by atomic mass is 16.5. The average Bonchev–Trinajstić information content (AvgIpc) is 3.38. The van der Waals surface area contributed by atoms with Crippen molar-refractivity contribution in [3.8, 4) is 5.75 Å². The van der Waals surface area contributed by atoms with Crippen LogP contribution in [0.25, 0.3) is 10.9 Å². The summed E-state index contributed by atoms with van der Waals surface area (Å²) in [6.07, 6.45) is 9.97. The molecule has 0 bridgehead atoms. The maximum Gasteiger partial charge on any atom is 0.150 e. The minimum atomic E-state index is 0.0449. The molecule has 5 nitrogen and oxygen atoms in total. The minimum Gasteiger partial charge on any atom is -0.490 e. The monoisotopic (exact) mass is 481 g/mol. The number of anilines is 2. The molecular formula is C31H35N3O2. The number of rotatable bonds is 6. The number of ether oxygens (including phenoxy) is 2. The number of benzene rings is 3. The van der Waals surface area contributed by atoms with Crippen LogP contribution >= 0.6 is 0 Å². The van der Waals surface area contributed by atoms with Crippen LogP contribution in [0.15, 0.2) is 79.0 Å². The lowest BCUT2D eigenvalue weighted by atomic mass is 9.90. The predicted octanol–water partition coefficient (Wildman–Crippen LogP) is 7.57. The molecule has 3 atom stereocenters. The molecule has 3 aromatic carbocycles. The Morgan fingerprint density at radius 3 is 2.31 bits per heavy atom. The van der Waals surface area contributed by atoms with Crippen molar-refractivity contribution in [1.29, 1.82) is 0 Å². The number of hydrogen-bond donors (Lipinski definition) is 0. The van der Waals surface area contributed by atoms with E-state index in [2.05, 4.69) is 89.3 Å². The van der Waals surface area contributed by atoms with Crippen LogP contribution in [0.4, 0.5) is 11.4 Å². The minimum absolute atomic E-state index is 0.0449. The summed E-state index contributed by atoms with van der Waals surface area (Å²) in [5.74, 6) is 0.975. The van der Waals surface area contributed by atoms with Gasteiger partial charge in [-0.05, 0) is 81.8 Å². The summed E-state index contributed by atoms with van der Waals surface area (Å²) in [4.78, 5) is 2.50. The van der Waals surface area contributed by atoms with Crippen LogP contribution in [0.1, 0.15) is 56.7 Å². The Morgan fingerprint density at radius 2 is 1.61 bits per heavy atom. The molecule has 2 heterocycles. The molecule has 1 saturated heterocycles. The fourth-order valence-electron chi connectivity index (χ4n) is 5.90. The van der Waals surface area contributed by atoms with Crippen LogP contribution in [-0.2, 0) is 4.74 Å². The molecular weight excluding hydrogens is 446 g/mol. The summed E-state index contributed by atoms with van der Waals surface area (Å²) in [6.45, 7) is 2.98. The van der Waals surface area contributed by atoms with E-state index in [1.165, 1.54) is 23.4 Å². The van der Waals surface area contributed by atoms with Crippen molar-refractivity contribution in [1.82, 2.24) is 9.78 Å². The first-order chi connectivity index (χ1) is 17.8. The van der Waals surface area contributed by atoms with Crippen LogP contribution < -0.4 is 9.64 Å². The van der Waals surface area contributed by atoms with Crippen LogP contribution in [0, 0.1) is 6.92 Å². The summed E-state index contributed by atoms with van der Waals surface area (Å²) >= 11 is 0. The highest BCUT2D eigenvalue weighted by Gasteiger charge is 2.30. The summed E-state index contributed by atoms with van der Waals surface area (Å²) in [5.41, 5.74) is 4.78. The molecule has 0 amide bonds. The lowest BCUT2D eigenvalue weighted by Crippen LogP contribution is -2.39. The number of hydrogen-bond acceptors (Lipinski definition) is 4. The maximum absolute atomic E-state index is 6.71. The van der Waals surface area contributed by atoms with Gasteiger partial charge in [-0.25, -0.2) is 4.68 Å². The smallest absolute Gasteiger partial charge is 0.150 e. The van der Waals surface area contributed by atoms with Crippen LogP contribution in [0.5, 0.6) is 5.75 Å². The normalized spacial score (nSPS) is 22.4. The van der Waals surface area contributed by atoms with Gasteiger partial charge in [0.1, 0.15) is 11.9 Å². The van der Waals surface area contributed by atoms with Gasteiger partial charge in [-0.15, -0.1) is 0 Å². The Balaban J connectivity index is 1.23. The van der Waals surface area contributed by atoms with Gasteiger partial charge in [0.15, 0.2) is 6.23 Å². The maximum atomic E-state index is 6.71. The van der Waals surface area contributed by atoms with Crippen molar-refractivity contribution in [3.63, 3.8) is 0 Å². The molecule has 1 aromatic heterocycles. The second kappa shape index (κ2) is 10.4. The van der Waals surface area contributed by atoms with E-state index >= 15 is 0 Å². The van der Waals surface area contributed by atoms with Gasteiger partial charge in [-0.2, -0.15) is 5.10 Å². The number of nitrogens with zero attached hydrogens (tertiary/aromatic N) is 3. The number of para-hydroxylation sites is 2. The quantitative estimate of drug-likeness (QED) is 0.285. The van der Waals surface area contributed by atoms with E-state index in [4.69, 9.17) is 14.6 Å². The summed E-state index contributed by atoms with van der Waals surface area (Å²) in [7, 11) is 0. The van der Waals surface area contributed by atoms with E-state index in [-0.39, 0.29) is 12.3 Å². The van der Waals surface area contributed by atoms with Gasteiger partial charge < -0.3 is 14.4 Å². The molecule has 5 heteroatoms. The first-order valence-corrected chi connectivity index (χ1v) is 13.4. The number of aromatic nitrogens is 2. The molecule has 6 rings (SSSR count). The zero-order chi connectivity index (χ0) is 24.3. The van der Waals surface area contributed by atoms with E-state index in [0.717, 1.165) is 61.8 Å². The number of aryl methyl sites for hydroxylation is 1. The third-order valence-corrected chi connectivity index (χ3v) is 7.75. The predicted molar refractivity (Wildman–Crippen MR) is 145 cm³/mol. The largest absolute Gasteiger partial charge is 0.490 e. The van der Waals surface area contributed by atoms with Crippen LogP contribution in [-0.4, -0.2) is 28.5 Å². The number of fused-ring (bicyclic) bond motifs is 1. The van der Waals surface area contributed by atoms with Crippen molar-refractivity contribution in [2.24, 2.45) is 0 Å². The molecule has 1 unspecified atom stereocenters. The molecule has 0 spiro atoms. The molecule has 36 heavy (non-hydrogen) atoms. The fourth-order valence-corrected chi connectivity index (χ4v) is 5.90. The Morgan fingerprint density at radius 1 is 0.861 bits per heavy atom. The highest BCUT2D eigenvalue weighted by molar-refractivity contribution is 5.84. The summed E-state index contributed by atoms with van der Waals surface area (Å²) in [5, 5.41) is 5.86. The van der Waals surface area contributed by atoms with E-state index in [1.807, 2.05) is 6.20 Å². The van der Waals surface area contributed by atoms with Gasteiger partial charge >= 0.3 is 0 Å². The standard InChI is InChI=1S/C31H35N3O2/c1-23-28-22-32-34(31-17-8-9-20-35-31)29(28)18-19-30(23)36-27-16-10-15-26(21-27)33(24-11-4-2-5-12-24)25-13-6-3-7-14-25/h2-7,11-14,18-19,22,26-27,31H,8-10,15-17,20-21H2,1H3/t26-,27+,31?/m1/s1. The van der Waals surface area contributed by atoms with E-state index in [1.54, 1.807) is 0 Å². The second-order valence-electron chi connectivity index (χ2n) is 10.1. The van der Waals surface area contributed by atoms with E-state index in [0.29, 0.717) is 6.04 Å². The molecule has 2 aliphatic rings. The lowest BCUT2D eigenvalue weighted by Gasteiger charge is -2.39. The third-order valence-electron chi connectivity index (χ3n) is 7.75. The first-order valence-electron chi connectivity index (χ1n) is 13.4. The molecule has 1 aliphatic carbocycles. The molecule has 1 aliphatic heterocycles. The molecule has 186 valence electrons. The molecule has 4 aromatic rings. The van der Waals surface area contributed by atoms with Gasteiger partial charge in [-0.3, -0.25) is 0 Å². The van der Waals surface area contributed by atoms with Gasteiger partial charge in [0.05, 0.1) is 11.7 Å². The summed E-state index contributed by atoms with van der Waals surface area (Å²) in [6, 6.07) is 26.2. The van der Waals surface area contributed by atoms with Gasteiger partial charge in [0, 0.05) is 41.4 Å². The van der Waals surface area contributed by atoms with E-state index in [9.17, 15) is 0 Å². The zero-order valence-electron chi connectivity index (χ0n) is 21.1. The van der Waals surface area contributed by atoms with Gasteiger partial charge in [0.25, 0.3) is 0 Å². The third kappa shape index (κ3) is 4.60. The van der Waals surface area contributed by atoms with Crippen molar-refractivity contribution in [2.75, 3.05) is 11.5 Å². The van der Waals surface area contributed by atoms with Crippen molar-refractivity contribution in [3.05, 3.63) is 84.6 Å². The highest BCUT2D eigenvalue weighted by Crippen LogP contribution is 2.37. The van der Waals surface area contributed by atoms with Crippen molar-refractivity contribution in [2.45, 2.75) is 70.2 Å². The molecule has 2 fully saturated rings. The van der Waals surface area contributed by atoms with Crippen molar-refractivity contribution >= 4 is 22.3 Å². The topological polar surface area (TPSA) is 39.5 Å². The Bertz CT molecular complexity index is 1240. The Kier molecular flexibility index (Phi) is 6.65. The Hall–Kier alpha value is -3.31. The van der Waals surface area contributed by atoms with E-state index < -0.39 is 0 Å². The first kappa shape index (κ1) is 23.1.